The Morgan fingerprint density at radius 2 is 2.10 bits per heavy atom. The van der Waals surface area contributed by atoms with Gasteiger partial charge in [0.25, 0.3) is 0 Å². The lowest BCUT2D eigenvalue weighted by atomic mass is 10.0. The molecule has 3 aromatic rings. The lowest BCUT2D eigenvalue weighted by Gasteiger charge is -2.08. The van der Waals surface area contributed by atoms with Gasteiger partial charge in [0.15, 0.2) is 5.17 Å². The Bertz CT molecular complexity index is 900. The van der Waals surface area contributed by atoms with Crippen molar-refractivity contribution in [2.24, 2.45) is 10.7 Å². The zero-order chi connectivity index (χ0) is 14.8. The lowest BCUT2D eigenvalue weighted by molar-refractivity contribution is 0.560. The van der Waals surface area contributed by atoms with Crippen molar-refractivity contribution in [3.63, 3.8) is 0 Å². The Hall–Kier alpha value is -2.27. The Morgan fingerprint density at radius 1 is 1.29 bits per heavy atom. The minimum absolute atomic E-state index is 0.347. The SMILES string of the molecule is CN=C(N)SCc1cc(=O)oc2ccc3ccccc3c12. The number of benzene rings is 2. The molecule has 0 unspecified atom stereocenters. The average molecular weight is 298 g/mol. The number of rotatable bonds is 2. The molecule has 1 heterocycles. The molecule has 4 nitrogen and oxygen atoms in total. The fourth-order valence-corrected chi connectivity index (χ4v) is 3.01. The van der Waals surface area contributed by atoms with E-state index in [-0.39, 0.29) is 5.63 Å². The molecule has 0 spiro atoms. The molecule has 2 aromatic carbocycles. The molecule has 21 heavy (non-hydrogen) atoms. The van der Waals surface area contributed by atoms with Crippen LogP contribution < -0.4 is 11.4 Å². The van der Waals surface area contributed by atoms with Gasteiger partial charge in [-0.15, -0.1) is 0 Å². The minimum Gasteiger partial charge on any atom is -0.423 e. The van der Waals surface area contributed by atoms with E-state index in [1.54, 1.807) is 7.05 Å². The predicted molar refractivity (Wildman–Crippen MR) is 88.8 cm³/mol. The monoisotopic (exact) mass is 298 g/mol. The van der Waals surface area contributed by atoms with Gasteiger partial charge in [-0.25, -0.2) is 4.79 Å². The van der Waals surface area contributed by atoms with Crippen molar-refractivity contribution >= 4 is 38.7 Å². The smallest absolute Gasteiger partial charge is 0.336 e. The van der Waals surface area contributed by atoms with Gasteiger partial charge in [0.1, 0.15) is 5.58 Å². The molecular weight excluding hydrogens is 284 g/mol. The van der Waals surface area contributed by atoms with Crippen molar-refractivity contribution in [3.8, 4) is 0 Å². The van der Waals surface area contributed by atoms with Crippen LogP contribution in [0.15, 0.2) is 56.7 Å². The molecule has 5 heteroatoms. The van der Waals surface area contributed by atoms with Crippen LogP contribution in [0.4, 0.5) is 0 Å². The maximum atomic E-state index is 11.7. The van der Waals surface area contributed by atoms with E-state index in [1.165, 1.54) is 17.8 Å². The highest BCUT2D eigenvalue weighted by Crippen LogP contribution is 2.29. The molecule has 106 valence electrons. The molecule has 0 saturated carbocycles. The molecule has 2 N–H and O–H groups in total. The van der Waals surface area contributed by atoms with Crippen LogP contribution in [0.5, 0.6) is 0 Å². The molecule has 0 saturated heterocycles. The van der Waals surface area contributed by atoms with Crippen molar-refractivity contribution in [1.29, 1.82) is 0 Å². The van der Waals surface area contributed by atoms with Crippen LogP contribution >= 0.6 is 11.8 Å². The Labute approximate surface area is 125 Å². The zero-order valence-corrected chi connectivity index (χ0v) is 12.3. The van der Waals surface area contributed by atoms with Gasteiger partial charge < -0.3 is 10.2 Å². The largest absolute Gasteiger partial charge is 0.423 e. The fraction of sp³-hybridized carbons (Fsp3) is 0.125. The first kappa shape index (κ1) is 13.7. The summed E-state index contributed by atoms with van der Waals surface area (Å²) in [6, 6.07) is 13.4. The molecule has 3 rings (SSSR count). The maximum absolute atomic E-state index is 11.7. The molecule has 1 aromatic heterocycles. The van der Waals surface area contributed by atoms with Crippen LogP contribution in [0, 0.1) is 0 Å². The van der Waals surface area contributed by atoms with E-state index >= 15 is 0 Å². The second-order valence-electron chi connectivity index (χ2n) is 4.60. The van der Waals surface area contributed by atoms with Crippen LogP contribution in [-0.2, 0) is 5.75 Å². The summed E-state index contributed by atoms with van der Waals surface area (Å²) in [6.45, 7) is 0. The number of hydrogen-bond donors (Lipinski definition) is 1. The summed E-state index contributed by atoms with van der Waals surface area (Å²) in [5, 5.41) is 3.64. The van der Waals surface area contributed by atoms with Crippen LogP contribution in [-0.4, -0.2) is 12.2 Å². The highest BCUT2D eigenvalue weighted by atomic mass is 32.2. The summed E-state index contributed by atoms with van der Waals surface area (Å²) in [6.07, 6.45) is 0. The first-order chi connectivity index (χ1) is 10.2. The summed E-state index contributed by atoms with van der Waals surface area (Å²) in [4.78, 5) is 15.6. The van der Waals surface area contributed by atoms with Gasteiger partial charge in [-0.3, -0.25) is 4.99 Å². The van der Waals surface area contributed by atoms with E-state index < -0.39 is 0 Å². The number of hydrogen-bond acceptors (Lipinski definition) is 4. The maximum Gasteiger partial charge on any atom is 0.336 e. The van der Waals surface area contributed by atoms with Gasteiger partial charge in [-0.2, -0.15) is 0 Å². The number of nitrogens with two attached hydrogens (primary N) is 1. The van der Waals surface area contributed by atoms with E-state index in [0.29, 0.717) is 16.5 Å². The Morgan fingerprint density at radius 3 is 2.90 bits per heavy atom. The summed E-state index contributed by atoms with van der Waals surface area (Å²) in [7, 11) is 1.65. The summed E-state index contributed by atoms with van der Waals surface area (Å²) in [5.41, 5.74) is 6.89. The molecular formula is C16H14N2O2S. The third kappa shape index (κ3) is 2.64. The normalized spacial score (nSPS) is 12.1. The molecule has 0 fully saturated rings. The van der Waals surface area contributed by atoms with Crippen LogP contribution in [0.3, 0.4) is 0 Å². The summed E-state index contributed by atoms with van der Waals surface area (Å²) in [5.74, 6) is 0.583. The van der Waals surface area contributed by atoms with Gasteiger partial charge in [-0.1, -0.05) is 42.1 Å². The van der Waals surface area contributed by atoms with Gasteiger partial charge in [-0.05, 0) is 22.4 Å². The number of fused-ring (bicyclic) bond motifs is 3. The molecule has 0 aliphatic carbocycles. The lowest BCUT2D eigenvalue weighted by Crippen LogP contribution is -2.07. The van der Waals surface area contributed by atoms with Gasteiger partial charge in [0.2, 0.25) is 0 Å². The standard InChI is InChI=1S/C16H14N2O2S/c1-18-16(17)21-9-11-8-14(19)20-13-7-6-10-4-2-3-5-12(10)15(11)13/h2-8H,9H2,1H3,(H2,17,18). The molecule has 0 atom stereocenters. The van der Waals surface area contributed by atoms with Crippen LogP contribution in [0.2, 0.25) is 0 Å². The minimum atomic E-state index is -0.347. The molecule has 0 aliphatic rings. The molecule has 0 radical (unpaired) electrons. The van der Waals surface area contributed by atoms with E-state index in [4.69, 9.17) is 10.2 Å². The van der Waals surface area contributed by atoms with E-state index in [1.807, 2.05) is 36.4 Å². The number of nitrogens with zero attached hydrogens (tertiary/aromatic N) is 1. The second-order valence-corrected chi connectivity index (χ2v) is 5.60. The van der Waals surface area contributed by atoms with Gasteiger partial charge in [0.05, 0.1) is 0 Å². The Balaban J connectivity index is 2.26. The Kier molecular flexibility index (Phi) is 3.66. The first-order valence-corrected chi connectivity index (χ1v) is 7.47. The third-order valence-corrected chi connectivity index (χ3v) is 4.24. The van der Waals surface area contributed by atoms with Crippen molar-refractivity contribution < 1.29 is 4.42 Å². The van der Waals surface area contributed by atoms with E-state index in [2.05, 4.69) is 4.99 Å². The molecule has 0 bridgehead atoms. The highest BCUT2D eigenvalue weighted by molar-refractivity contribution is 8.13. The summed E-state index contributed by atoms with van der Waals surface area (Å²) < 4.78 is 5.32. The molecule has 0 amide bonds. The number of thioether (sulfide) groups is 1. The first-order valence-electron chi connectivity index (χ1n) is 6.48. The predicted octanol–water partition coefficient (Wildman–Crippen LogP) is 3.12. The number of amidine groups is 1. The zero-order valence-electron chi connectivity index (χ0n) is 11.5. The van der Waals surface area contributed by atoms with Crippen molar-refractivity contribution in [3.05, 3.63) is 58.4 Å². The average Bonchev–Trinajstić information content (AvgIpc) is 2.51. The van der Waals surface area contributed by atoms with Crippen LogP contribution in [0.25, 0.3) is 21.7 Å². The van der Waals surface area contributed by atoms with Gasteiger partial charge in [0, 0.05) is 24.3 Å². The quantitative estimate of drug-likeness (QED) is 0.341. The van der Waals surface area contributed by atoms with E-state index in [0.717, 1.165) is 21.7 Å². The fourth-order valence-electron chi connectivity index (χ4n) is 2.35. The molecule has 0 aliphatic heterocycles. The van der Waals surface area contributed by atoms with Gasteiger partial charge >= 0.3 is 5.63 Å². The van der Waals surface area contributed by atoms with Crippen LogP contribution in [0.1, 0.15) is 5.56 Å². The van der Waals surface area contributed by atoms with Crippen molar-refractivity contribution in [2.75, 3.05) is 7.05 Å². The number of aliphatic imine (C=N–C) groups is 1. The highest BCUT2D eigenvalue weighted by Gasteiger charge is 2.10. The van der Waals surface area contributed by atoms with E-state index in [9.17, 15) is 4.79 Å². The van der Waals surface area contributed by atoms with Crippen molar-refractivity contribution in [2.45, 2.75) is 5.75 Å². The van der Waals surface area contributed by atoms with Crippen molar-refractivity contribution in [1.82, 2.24) is 0 Å². The topological polar surface area (TPSA) is 68.6 Å². The summed E-state index contributed by atoms with van der Waals surface area (Å²) >= 11 is 1.41. The third-order valence-electron chi connectivity index (χ3n) is 3.31. The second kappa shape index (κ2) is 5.61.